The number of benzene rings is 1. The zero-order valence-corrected chi connectivity index (χ0v) is 9.16. The van der Waals surface area contributed by atoms with Gasteiger partial charge in [0.15, 0.2) is 0 Å². The van der Waals surface area contributed by atoms with Gasteiger partial charge in [0.05, 0.1) is 7.11 Å². The Hall–Kier alpha value is -1.42. The Balaban J connectivity index is 2.64. The van der Waals surface area contributed by atoms with Crippen molar-refractivity contribution in [1.82, 2.24) is 0 Å². The van der Waals surface area contributed by atoms with Crippen LogP contribution >= 0.6 is 0 Å². The van der Waals surface area contributed by atoms with Gasteiger partial charge in [0.25, 0.3) is 0 Å². The molecule has 1 atom stereocenters. The second kappa shape index (κ2) is 5.46. The molecule has 15 heavy (non-hydrogen) atoms. The first-order valence-corrected chi connectivity index (χ1v) is 4.95. The van der Waals surface area contributed by atoms with Gasteiger partial charge in [-0.2, -0.15) is 0 Å². The number of anilines is 2. The van der Waals surface area contributed by atoms with Gasteiger partial charge < -0.3 is 20.9 Å². The van der Waals surface area contributed by atoms with Crippen LogP contribution in [0.25, 0.3) is 0 Å². The molecular weight excluding hydrogens is 192 g/mol. The molecule has 0 fully saturated rings. The number of methoxy groups -OCH3 is 1. The predicted octanol–water partition coefficient (Wildman–Crippen LogP) is 1.32. The lowest BCUT2D eigenvalue weighted by Crippen LogP contribution is -2.14. The molecule has 1 rings (SSSR count). The smallest absolute Gasteiger partial charge is 0.122 e. The first-order chi connectivity index (χ1) is 7.15. The lowest BCUT2D eigenvalue weighted by atomic mass is 10.2. The van der Waals surface area contributed by atoms with Crippen molar-refractivity contribution < 1.29 is 9.84 Å². The minimum atomic E-state index is 0.173. The molecule has 4 N–H and O–H groups in total. The van der Waals surface area contributed by atoms with E-state index in [1.807, 2.05) is 19.1 Å². The van der Waals surface area contributed by atoms with Crippen LogP contribution in [0.1, 0.15) is 6.92 Å². The van der Waals surface area contributed by atoms with E-state index >= 15 is 0 Å². The highest BCUT2D eigenvalue weighted by atomic mass is 16.5. The van der Waals surface area contributed by atoms with Gasteiger partial charge in [-0.15, -0.1) is 0 Å². The molecule has 4 heteroatoms. The van der Waals surface area contributed by atoms with Crippen molar-refractivity contribution in [2.24, 2.45) is 5.92 Å². The highest BCUT2D eigenvalue weighted by Crippen LogP contribution is 2.22. The van der Waals surface area contributed by atoms with Gasteiger partial charge in [-0.25, -0.2) is 0 Å². The summed E-state index contributed by atoms with van der Waals surface area (Å²) < 4.78 is 5.10. The monoisotopic (exact) mass is 210 g/mol. The highest BCUT2D eigenvalue weighted by Gasteiger charge is 2.02. The Morgan fingerprint density at radius 1 is 1.47 bits per heavy atom. The summed E-state index contributed by atoms with van der Waals surface area (Å²) >= 11 is 0. The van der Waals surface area contributed by atoms with Crippen LogP contribution in [0.2, 0.25) is 0 Å². The predicted molar refractivity (Wildman–Crippen MR) is 62.1 cm³/mol. The number of aliphatic hydroxyl groups is 1. The van der Waals surface area contributed by atoms with Crippen LogP contribution in [-0.2, 0) is 0 Å². The molecule has 0 aliphatic rings. The fourth-order valence-corrected chi connectivity index (χ4v) is 1.20. The van der Waals surface area contributed by atoms with E-state index in [0.29, 0.717) is 12.2 Å². The third-order valence-corrected chi connectivity index (χ3v) is 2.13. The van der Waals surface area contributed by atoms with E-state index in [1.54, 1.807) is 13.2 Å². The van der Waals surface area contributed by atoms with Gasteiger partial charge in [0.2, 0.25) is 0 Å². The fourth-order valence-electron chi connectivity index (χ4n) is 1.20. The summed E-state index contributed by atoms with van der Waals surface area (Å²) in [5.74, 6) is 0.951. The Labute approximate surface area is 90.1 Å². The summed E-state index contributed by atoms with van der Waals surface area (Å²) in [4.78, 5) is 0. The zero-order chi connectivity index (χ0) is 11.3. The summed E-state index contributed by atoms with van der Waals surface area (Å²) in [7, 11) is 1.61. The minimum absolute atomic E-state index is 0.173. The molecule has 0 saturated heterocycles. The molecule has 0 heterocycles. The molecule has 0 bridgehead atoms. The Morgan fingerprint density at radius 3 is 2.80 bits per heavy atom. The average molecular weight is 210 g/mol. The van der Waals surface area contributed by atoms with E-state index in [-0.39, 0.29) is 12.5 Å². The highest BCUT2D eigenvalue weighted by molar-refractivity contribution is 5.59. The van der Waals surface area contributed by atoms with Crippen molar-refractivity contribution in [3.05, 3.63) is 18.2 Å². The fraction of sp³-hybridized carbons (Fsp3) is 0.455. The first-order valence-electron chi connectivity index (χ1n) is 4.95. The maximum Gasteiger partial charge on any atom is 0.122 e. The average Bonchev–Trinajstić information content (AvgIpc) is 2.25. The molecule has 0 aromatic heterocycles. The van der Waals surface area contributed by atoms with E-state index in [4.69, 9.17) is 15.6 Å². The van der Waals surface area contributed by atoms with E-state index in [0.717, 1.165) is 11.4 Å². The zero-order valence-electron chi connectivity index (χ0n) is 9.16. The number of hydrogen-bond donors (Lipinski definition) is 3. The molecule has 1 aromatic carbocycles. The van der Waals surface area contributed by atoms with Crippen molar-refractivity contribution >= 4 is 11.4 Å². The summed E-state index contributed by atoms with van der Waals surface area (Å²) in [5, 5.41) is 12.1. The third kappa shape index (κ3) is 3.67. The van der Waals surface area contributed by atoms with Crippen LogP contribution in [0, 0.1) is 5.92 Å². The van der Waals surface area contributed by atoms with Gasteiger partial charge in [-0.3, -0.25) is 0 Å². The molecule has 1 aromatic rings. The standard InChI is InChI=1S/C11H18N2O2/c1-8(7-14)6-13-10-3-9(12)4-11(5-10)15-2/h3-5,8,13-14H,6-7,12H2,1-2H3. The molecule has 0 saturated carbocycles. The maximum atomic E-state index is 8.88. The molecule has 0 aliphatic carbocycles. The van der Waals surface area contributed by atoms with E-state index in [9.17, 15) is 0 Å². The van der Waals surface area contributed by atoms with Crippen LogP contribution < -0.4 is 15.8 Å². The molecule has 1 unspecified atom stereocenters. The second-order valence-electron chi connectivity index (χ2n) is 3.66. The summed E-state index contributed by atoms with van der Waals surface area (Å²) in [5.41, 5.74) is 7.27. The molecule has 4 nitrogen and oxygen atoms in total. The molecule has 0 spiro atoms. The van der Waals surface area contributed by atoms with Crippen molar-refractivity contribution in [3.63, 3.8) is 0 Å². The molecule has 84 valence electrons. The van der Waals surface area contributed by atoms with Gasteiger partial charge in [0.1, 0.15) is 5.75 Å². The number of nitrogens with two attached hydrogens (primary N) is 1. The van der Waals surface area contributed by atoms with Crippen LogP contribution in [0.15, 0.2) is 18.2 Å². The molecule has 0 aliphatic heterocycles. The van der Waals surface area contributed by atoms with Gasteiger partial charge in [-0.1, -0.05) is 6.92 Å². The topological polar surface area (TPSA) is 67.5 Å². The SMILES string of the molecule is COc1cc(N)cc(NCC(C)CO)c1. The van der Waals surface area contributed by atoms with E-state index in [1.165, 1.54) is 0 Å². The van der Waals surface area contributed by atoms with Gasteiger partial charge >= 0.3 is 0 Å². The Bertz CT molecular complexity index is 315. The maximum absolute atomic E-state index is 8.88. The quantitative estimate of drug-likeness (QED) is 0.641. The van der Waals surface area contributed by atoms with Crippen LogP contribution in [0.5, 0.6) is 5.75 Å². The van der Waals surface area contributed by atoms with Gasteiger partial charge in [-0.05, 0) is 12.0 Å². The number of nitrogen functional groups attached to an aromatic ring is 1. The Morgan fingerprint density at radius 2 is 2.20 bits per heavy atom. The van der Waals surface area contributed by atoms with E-state index < -0.39 is 0 Å². The minimum Gasteiger partial charge on any atom is -0.497 e. The summed E-state index contributed by atoms with van der Waals surface area (Å²) in [6.45, 7) is 2.85. The lowest BCUT2D eigenvalue weighted by molar-refractivity contribution is 0.244. The van der Waals surface area contributed by atoms with E-state index in [2.05, 4.69) is 5.32 Å². The normalized spacial score (nSPS) is 12.2. The number of ether oxygens (including phenoxy) is 1. The van der Waals surface area contributed by atoms with Crippen LogP contribution in [0.3, 0.4) is 0 Å². The summed E-state index contributed by atoms with van der Waals surface area (Å²) in [6, 6.07) is 5.48. The van der Waals surface area contributed by atoms with Crippen molar-refractivity contribution in [1.29, 1.82) is 0 Å². The number of rotatable bonds is 5. The van der Waals surface area contributed by atoms with Crippen molar-refractivity contribution in [3.8, 4) is 5.75 Å². The largest absolute Gasteiger partial charge is 0.497 e. The Kier molecular flexibility index (Phi) is 4.24. The summed E-state index contributed by atoms with van der Waals surface area (Å²) in [6.07, 6.45) is 0. The van der Waals surface area contributed by atoms with Crippen LogP contribution in [0.4, 0.5) is 11.4 Å². The lowest BCUT2D eigenvalue weighted by Gasteiger charge is -2.12. The number of hydrogen-bond acceptors (Lipinski definition) is 4. The van der Waals surface area contributed by atoms with Crippen molar-refractivity contribution in [2.45, 2.75) is 6.92 Å². The van der Waals surface area contributed by atoms with Crippen LogP contribution in [-0.4, -0.2) is 25.4 Å². The number of nitrogens with one attached hydrogen (secondary N) is 1. The molecule has 0 radical (unpaired) electrons. The first kappa shape index (κ1) is 11.7. The molecular formula is C11H18N2O2. The third-order valence-electron chi connectivity index (χ3n) is 2.13. The second-order valence-corrected chi connectivity index (χ2v) is 3.66. The van der Waals surface area contributed by atoms with Gasteiger partial charge in [0, 0.05) is 36.7 Å². The number of aliphatic hydroxyl groups excluding tert-OH is 1. The van der Waals surface area contributed by atoms with Crippen molar-refractivity contribution in [2.75, 3.05) is 31.3 Å². The molecule has 0 amide bonds.